The number of hydrogen-bond donors (Lipinski definition) is 1. The van der Waals surface area contributed by atoms with Gasteiger partial charge in [-0.1, -0.05) is 12.1 Å². The third kappa shape index (κ3) is 5.12. The molecule has 20 heavy (non-hydrogen) atoms. The van der Waals surface area contributed by atoms with Gasteiger partial charge in [-0.25, -0.2) is 0 Å². The van der Waals surface area contributed by atoms with Gasteiger partial charge in [0.1, 0.15) is 17.8 Å². The maximum Gasteiger partial charge on any atom is 0.150 e. The summed E-state index contributed by atoms with van der Waals surface area (Å²) in [5.41, 5.74) is 1.57. The van der Waals surface area contributed by atoms with Crippen molar-refractivity contribution >= 4 is 6.29 Å². The SMILES string of the molecule is COc1ccc(C=O)cc1.COc1ccc(CO)cc1. The molecule has 1 N–H and O–H groups in total. The molecule has 0 aromatic heterocycles. The van der Waals surface area contributed by atoms with Gasteiger partial charge in [-0.15, -0.1) is 0 Å². The molecule has 0 amide bonds. The van der Waals surface area contributed by atoms with Crippen LogP contribution in [-0.2, 0) is 6.61 Å². The number of methoxy groups -OCH3 is 2. The molecule has 0 radical (unpaired) electrons. The largest absolute Gasteiger partial charge is 0.497 e. The highest BCUT2D eigenvalue weighted by atomic mass is 16.5. The van der Waals surface area contributed by atoms with Gasteiger partial charge in [0.2, 0.25) is 0 Å². The molecule has 0 saturated carbocycles. The molecule has 0 spiro atoms. The molecular formula is C16H18O4. The third-order valence-electron chi connectivity index (χ3n) is 2.59. The van der Waals surface area contributed by atoms with Crippen molar-refractivity contribution < 1.29 is 19.4 Å². The Labute approximate surface area is 118 Å². The van der Waals surface area contributed by atoms with Gasteiger partial charge in [-0.05, 0) is 42.0 Å². The first-order valence-electron chi connectivity index (χ1n) is 6.06. The molecule has 0 atom stereocenters. The van der Waals surface area contributed by atoms with E-state index in [0.29, 0.717) is 5.56 Å². The first-order valence-corrected chi connectivity index (χ1v) is 6.06. The minimum atomic E-state index is 0.0873. The van der Waals surface area contributed by atoms with Crippen LogP contribution in [0.1, 0.15) is 15.9 Å². The first kappa shape index (κ1) is 15.7. The third-order valence-corrected chi connectivity index (χ3v) is 2.59. The normalized spacial score (nSPS) is 9.15. The van der Waals surface area contributed by atoms with Gasteiger partial charge in [0.15, 0.2) is 0 Å². The van der Waals surface area contributed by atoms with E-state index in [1.54, 1.807) is 38.5 Å². The van der Waals surface area contributed by atoms with Crippen LogP contribution in [0.5, 0.6) is 11.5 Å². The van der Waals surface area contributed by atoms with Gasteiger partial charge >= 0.3 is 0 Å². The number of aliphatic hydroxyl groups excluding tert-OH is 1. The fourth-order valence-corrected chi connectivity index (χ4v) is 1.41. The highest BCUT2D eigenvalue weighted by Crippen LogP contribution is 2.10. The van der Waals surface area contributed by atoms with E-state index in [4.69, 9.17) is 14.6 Å². The van der Waals surface area contributed by atoms with Crippen LogP contribution in [0.3, 0.4) is 0 Å². The van der Waals surface area contributed by atoms with Crippen molar-refractivity contribution in [3.8, 4) is 11.5 Å². The Bertz CT molecular complexity index is 480. The molecular weight excluding hydrogens is 256 g/mol. The lowest BCUT2D eigenvalue weighted by Gasteiger charge is -1.98. The average molecular weight is 274 g/mol. The lowest BCUT2D eigenvalue weighted by molar-refractivity contribution is 0.112. The van der Waals surface area contributed by atoms with Crippen molar-refractivity contribution in [3.63, 3.8) is 0 Å². The quantitative estimate of drug-likeness (QED) is 0.871. The predicted molar refractivity (Wildman–Crippen MR) is 77.3 cm³/mol. The minimum absolute atomic E-state index is 0.0873. The second-order valence-corrected chi connectivity index (χ2v) is 3.90. The van der Waals surface area contributed by atoms with Crippen LogP contribution >= 0.6 is 0 Å². The minimum Gasteiger partial charge on any atom is -0.497 e. The lowest BCUT2D eigenvalue weighted by Crippen LogP contribution is -1.84. The Morgan fingerprint density at radius 1 is 0.900 bits per heavy atom. The molecule has 0 aliphatic heterocycles. The van der Waals surface area contributed by atoms with Crippen molar-refractivity contribution in [3.05, 3.63) is 59.7 Å². The van der Waals surface area contributed by atoms with E-state index >= 15 is 0 Å². The van der Waals surface area contributed by atoms with Crippen molar-refractivity contribution in [1.82, 2.24) is 0 Å². The van der Waals surface area contributed by atoms with E-state index in [1.807, 2.05) is 24.3 Å². The molecule has 4 heteroatoms. The number of rotatable bonds is 4. The van der Waals surface area contributed by atoms with Crippen molar-refractivity contribution in [2.24, 2.45) is 0 Å². The highest BCUT2D eigenvalue weighted by molar-refractivity contribution is 5.74. The molecule has 4 nitrogen and oxygen atoms in total. The van der Waals surface area contributed by atoms with Gasteiger partial charge in [-0.2, -0.15) is 0 Å². The summed E-state index contributed by atoms with van der Waals surface area (Å²) in [4.78, 5) is 10.2. The van der Waals surface area contributed by atoms with Crippen LogP contribution in [0.25, 0.3) is 0 Å². The second-order valence-electron chi connectivity index (χ2n) is 3.90. The molecule has 2 rings (SSSR count). The Balaban J connectivity index is 0.000000200. The Hall–Kier alpha value is -2.33. The molecule has 0 unspecified atom stereocenters. The summed E-state index contributed by atoms with van der Waals surface area (Å²) in [7, 11) is 3.21. The fraction of sp³-hybridized carbons (Fsp3) is 0.188. The van der Waals surface area contributed by atoms with Gasteiger partial charge in [0.05, 0.1) is 20.8 Å². The molecule has 0 aliphatic carbocycles. The molecule has 2 aromatic rings. The summed E-state index contributed by atoms with van der Waals surface area (Å²) in [6.07, 6.45) is 0.805. The molecule has 106 valence electrons. The molecule has 0 heterocycles. The van der Waals surface area contributed by atoms with E-state index in [0.717, 1.165) is 23.3 Å². The smallest absolute Gasteiger partial charge is 0.150 e. The maximum atomic E-state index is 10.2. The van der Waals surface area contributed by atoms with E-state index < -0.39 is 0 Å². The number of hydrogen-bond acceptors (Lipinski definition) is 4. The average Bonchev–Trinajstić information content (AvgIpc) is 2.55. The summed E-state index contributed by atoms with van der Waals surface area (Å²) in [6.45, 7) is 0.0873. The van der Waals surface area contributed by atoms with E-state index in [9.17, 15) is 4.79 Å². The van der Waals surface area contributed by atoms with Crippen LogP contribution < -0.4 is 9.47 Å². The van der Waals surface area contributed by atoms with Crippen LogP contribution in [0.15, 0.2) is 48.5 Å². The van der Waals surface area contributed by atoms with Gasteiger partial charge in [0, 0.05) is 5.56 Å². The summed E-state index contributed by atoms with van der Waals surface area (Å²) >= 11 is 0. The van der Waals surface area contributed by atoms with Crippen molar-refractivity contribution in [2.45, 2.75) is 6.61 Å². The number of carbonyl (C=O) groups excluding carboxylic acids is 1. The summed E-state index contributed by atoms with van der Waals surface area (Å²) in [5, 5.41) is 8.66. The molecule has 0 saturated heterocycles. The summed E-state index contributed by atoms with van der Waals surface area (Å²) < 4.78 is 9.83. The maximum absolute atomic E-state index is 10.2. The number of ether oxygens (including phenoxy) is 2. The number of aliphatic hydroxyl groups is 1. The highest BCUT2D eigenvalue weighted by Gasteiger charge is 1.90. The molecule has 0 fully saturated rings. The first-order chi connectivity index (χ1) is 9.73. The van der Waals surface area contributed by atoms with Crippen LogP contribution in [0.4, 0.5) is 0 Å². The zero-order valence-electron chi connectivity index (χ0n) is 11.6. The number of aldehydes is 1. The lowest BCUT2D eigenvalue weighted by atomic mass is 10.2. The van der Waals surface area contributed by atoms with Gasteiger partial charge in [0.25, 0.3) is 0 Å². The van der Waals surface area contributed by atoms with Crippen LogP contribution in [-0.4, -0.2) is 25.6 Å². The predicted octanol–water partition coefficient (Wildman–Crippen LogP) is 2.70. The van der Waals surface area contributed by atoms with Gasteiger partial charge in [-0.3, -0.25) is 4.79 Å². The second kappa shape index (κ2) is 8.72. The van der Waals surface area contributed by atoms with Gasteiger partial charge < -0.3 is 14.6 Å². The molecule has 0 aliphatic rings. The standard InChI is InChI=1S/C8H10O2.C8H8O2/c2*1-10-8-4-2-7(6-9)3-5-8/h2-5,9H,6H2,1H3;2-6H,1H3. The van der Waals surface area contributed by atoms with Crippen molar-refractivity contribution in [2.75, 3.05) is 14.2 Å². The number of carbonyl (C=O) groups is 1. The summed E-state index contributed by atoms with van der Waals surface area (Å²) in [5.74, 6) is 1.59. The van der Waals surface area contributed by atoms with Crippen molar-refractivity contribution in [1.29, 1.82) is 0 Å². The van der Waals surface area contributed by atoms with E-state index in [1.165, 1.54) is 0 Å². The summed E-state index contributed by atoms with van der Waals surface area (Å²) in [6, 6.07) is 14.2. The topological polar surface area (TPSA) is 55.8 Å². The van der Waals surface area contributed by atoms with Crippen LogP contribution in [0.2, 0.25) is 0 Å². The van der Waals surface area contributed by atoms with Crippen LogP contribution in [0, 0.1) is 0 Å². The Morgan fingerprint density at radius 3 is 1.70 bits per heavy atom. The fourth-order valence-electron chi connectivity index (χ4n) is 1.41. The number of benzene rings is 2. The molecule has 2 aromatic carbocycles. The zero-order chi connectivity index (χ0) is 14.8. The zero-order valence-corrected chi connectivity index (χ0v) is 11.6. The Kier molecular flexibility index (Phi) is 6.85. The molecule has 0 bridgehead atoms. The van der Waals surface area contributed by atoms with E-state index in [2.05, 4.69) is 0 Å². The monoisotopic (exact) mass is 274 g/mol. The van der Waals surface area contributed by atoms with E-state index in [-0.39, 0.29) is 6.61 Å². The Morgan fingerprint density at radius 2 is 1.35 bits per heavy atom.